The van der Waals surface area contributed by atoms with Gasteiger partial charge in [-0.15, -0.1) is 0 Å². The molecule has 3 heterocycles. The molecule has 8 nitrogen and oxygen atoms in total. The average molecular weight is 345 g/mol. The fourth-order valence-corrected chi connectivity index (χ4v) is 2.63. The Morgan fingerprint density at radius 1 is 1.48 bits per heavy atom. The molecule has 0 radical (unpaired) electrons. The van der Waals surface area contributed by atoms with Crippen LogP contribution in [0, 0.1) is 0 Å². The van der Waals surface area contributed by atoms with Gasteiger partial charge in [-0.2, -0.15) is 0 Å². The normalized spacial score (nSPS) is 17.5. The van der Waals surface area contributed by atoms with E-state index in [1.165, 1.54) is 0 Å². The molecule has 2 amide bonds. The van der Waals surface area contributed by atoms with Gasteiger partial charge in [0.25, 0.3) is 0 Å². The largest absolute Gasteiger partial charge is 0.379 e. The summed E-state index contributed by atoms with van der Waals surface area (Å²) >= 11 is 0. The van der Waals surface area contributed by atoms with Crippen LogP contribution in [0.1, 0.15) is 12.5 Å². The smallest absolute Gasteiger partial charge is 0.323 e. The van der Waals surface area contributed by atoms with E-state index in [9.17, 15) is 4.79 Å². The number of carbonyl (C=O) groups excluding carboxylic acids is 1. The Morgan fingerprint density at radius 3 is 3.12 bits per heavy atom. The molecule has 25 heavy (non-hydrogen) atoms. The van der Waals surface area contributed by atoms with Crippen LogP contribution in [-0.4, -0.2) is 64.5 Å². The fraction of sp³-hybridized carbons (Fsp3) is 0.471. The predicted molar refractivity (Wildman–Crippen MR) is 92.4 cm³/mol. The number of hydrogen-bond donors (Lipinski definition) is 1. The summed E-state index contributed by atoms with van der Waals surface area (Å²) in [6.07, 6.45) is 7.07. The van der Waals surface area contributed by atoms with Gasteiger partial charge in [-0.05, 0) is 18.6 Å². The zero-order valence-electron chi connectivity index (χ0n) is 14.3. The minimum Gasteiger partial charge on any atom is -0.379 e. The second kappa shape index (κ2) is 8.59. The van der Waals surface area contributed by atoms with Crippen molar-refractivity contribution in [3.63, 3.8) is 0 Å². The first-order valence-corrected chi connectivity index (χ1v) is 8.40. The SMILES string of the molecule is CCOCC1CN(C(=O)Nc2ccc(Cn3ccnc3)cn2)CCO1. The number of amides is 2. The topological polar surface area (TPSA) is 81.5 Å². The van der Waals surface area contributed by atoms with Crippen LogP contribution in [0.2, 0.25) is 0 Å². The molecule has 1 unspecified atom stereocenters. The van der Waals surface area contributed by atoms with Gasteiger partial charge in [0.2, 0.25) is 0 Å². The molecule has 1 saturated heterocycles. The van der Waals surface area contributed by atoms with Crippen LogP contribution < -0.4 is 5.32 Å². The number of morpholine rings is 1. The van der Waals surface area contributed by atoms with Gasteiger partial charge in [0.15, 0.2) is 0 Å². The number of rotatable bonds is 6. The third-order valence-electron chi connectivity index (χ3n) is 3.92. The molecule has 0 saturated carbocycles. The van der Waals surface area contributed by atoms with Gasteiger partial charge in [0, 0.05) is 38.3 Å². The van der Waals surface area contributed by atoms with Crippen molar-refractivity contribution >= 4 is 11.8 Å². The van der Waals surface area contributed by atoms with E-state index in [0.29, 0.717) is 45.3 Å². The molecule has 1 aliphatic rings. The van der Waals surface area contributed by atoms with E-state index in [1.807, 2.05) is 29.8 Å². The monoisotopic (exact) mass is 345 g/mol. The maximum absolute atomic E-state index is 12.4. The highest BCUT2D eigenvalue weighted by Gasteiger charge is 2.24. The molecule has 2 aromatic rings. The third kappa shape index (κ3) is 5.01. The highest BCUT2D eigenvalue weighted by Crippen LogP contribution is 2.11. The molecular weight excluding hydrogens is 322 g/mol. The predicted octanol–water partition coefficient (Wildman–Crippen LogP) is 1.60. The van der Waals surface area contributed by atoms with E-state index in [2.05, 4.69) is 15.3 Å². The van der Waals surface area contributed by atoms with Crippen molar-refractivity contribution < 1.29 is 14.3 Å². The summed E-state index contributed by atoms with van der Waals surface area (Å²) in [4.78, 5) is 22.5. The highest BCUT2D eigenvalue weighted by atomic mass is 16.5. The van der Waals surface area contributed by atoms with Crippen LogP contribution in [-0.2, 0) is 16.0 Å². The van der Waals surface area contributed by atoms with E-state index in [1.54, 1.807) is 23.6 Å². The Labute approximate surface area is 146 Å². The van der Waals surface area contributed by atoms with Gasteiger partial charge in [-0.25, -0.2) is 14.8 Å². The summed E-state index contributed by atoms with van der Waals surface area (Å²) < 4.78 is 12.9. The number of nitrogens with zero attached hydrogens (tertiary/aromatic N) is 4. The van der Waals surface area contributed by atoms with Crippen molar-refractivity contribution in [3.05, 3.63) is 42.6 Å². The number of nitrogens with one attached hydrogen (secondary N) is 1. The van der Waals surface area contributed by atoms with Gasteiger partial charge in [-0.3, -0.25) is 5.32 Å². The maximum Gasteiger partial charge on any atom is 0.323 e. The lowest BCUT2D eigenvalue weighted by Gasteiger charge is -2.32. The number of ether oxygens (including phenoxy) is 2. The average Bonchev–Trinajstić information content (AvgIpc) is 3.15. The van der Waals surface area contributed by atoms with Crippen molar-refractivity contribution in [2.24, 2.45) is 0 Å². The Morgan fingerprint density at radius 2 is 2.40 bits per heavy atom. The molecule has 0 aromatic carbocycles. The molecule has 3 rings (SSSR count). The fourth-order valence-electron chi connectivity index (χ4n) is 2.63. The zero-order chi connectivity index (χ0) is 17.5. The zero-order valence-corrected chi connectivity index (χ0v) is 14.3. The number of aromatic nitrogens is 3. The minimum absolute atomic E-state index is 0.0787. The van der Waals surface area contributed by atoms with Gasteiger partial charge in [-0.1, -0.05) is 6.07 Å². The molecule has 1 atom stereocenters. The Bertz CT molecular complexity index is 659. The van der Waals surface area contributed by atoms with E-state index in [4.69, 9.17) is 9.47 Å². The Balaban J connectivity index is 1.52. The second-order valence-electron chi connectivity index (χ2n) is 5.82. The summed E-state index contributed by atoms with van der Waals surface area (Å²) in [7, 11) is 0. The van der Waals surface area contributed by atoms with Crippen LogP contribution in [0.15, 0.2) is 37.1 Å². The van der Waals surface area contributed by atoms with Gasteiger partial charge in [0.1, 0.15) is 5.82 Å². The van der Waals surface area contributed by atoms with Gasteiger partial charge < -0.3 is 18.9 Å². The molecule has 1 N–H and O–H groups in total. The number of urea groups is 1. The summed E-state index contributed by atoms with van der Waals surface area (Å²) in [6, 6.07) is 3.59. The van der Waals surface area contributed by atoms with Crippen molar-refractivity contribution in [3.8, 4) is 0 Å². The summed E-state index contributed by atoms with van der Waals surface area (Å²) in [6.45, 7) is 5.38. The van der Waals surface area contributed by atoms with Crippen molar-refractivity contribution in [1.82, 2.24) is 19.4 Å². The number of anilines is 1. The maximum atomic E-state index is 12.4. The quantitative estimate of drug-likeness (QED) is 0.860. The number of hydrogen-bond acceptors (Lipinski definition) is 5. The highest BCUT2D eigenvalue weighted by molar-refractivity contribution is 5.88. The van der Waals surface area contributed by atoms with Gasteiger partial charge >= 0.3 is 6.03 Å². The standard InChI is InChI=1S/C17H23N5O3/c1-2-24-12-15-11-22(7-8-25-15)17(23)20-16-4-3-14(9-19-16)10-21-6-5-18-13-21/h3-6,9,13,15H,2,7-8,10-12H2,1H3,(H,19,20,23). The van der Waals surface area contributed by atoms with E-state index >= 15 is 0 Å². The Hall–Kier alpha value is -2.45. The molecule has 2 aromatic heterocycles. The molecule has 0 bridgehead atoms. The van der Waals surface area contributed by atoms with Gasteiger partial charge in [0.05, 0.1) is 32.2 Å². The third-order valence-corrected chi connectivity index (χ3v) is 3.92. The lowest BCUT2D eigenvalue weighted by molar-refractivity contribution is -0.0555. The van der Waals surface area contributed by atoms with E-state index in [-0.39, 0.29) is 12.1 Å². The van der Waals surface area contributed by atoms with Crippen LogP contribution in [0.4, 0.5) is 10.6 Å². The molecule has 8 heteroatoms. The lowest BCUT2D eigenvalue weighted by atomic mass is 10.3. The summed E-state index contributed by atoms with van der Waals surface area (Å²) in [5.41, 5.74) is 1.04. The van der Waals surface area contributed by atoms with E-state index in [0.717, 1.165) is 5.56 Å². The number of imidazole rings is 1. The molecule has 0 spiro atoms. The van der Waals surface area contributed by atoms with Crippen LogP contribution in [0.5, 0.6) is 0 Å². The van der Waals surface area contributed by atoms with Crippen molar-refractivity contribution in [1.29, 1.82) is 0 Å². The molecular formula is C17H23N5O3. The molecule has 1 fully saturated rings. The molecule has 134 valence electrons. The Kier molecular flexibility index (Phi) is 5.97. The first-order chi connectivity index (χ1) is 12.2. The van der Waals surface area contributed by atoms with Crippen molar-refractivity contribution in [2.75, 3.05) is 38.2 Å². The van der Waals surface area contributed by atoms with Crippen molar-refractivity contribution in [2.45, 2.75) is 19.6 Å². The number of pyridine rings is 1. The van der Waals surface area contributed by atoms with Crippen LogP contribution in [0.3, 0.4) is 0 Å². The summed E-state index contributed by atoms with van der Waals surface area (Å²) in [5.74, 6) is 0.534. The second-order valence-corrected chi connectivity index (χ2v) is 5.82. The molecule has 1 aliphatic heterocycles. The van der Waals surface area contributed by atoms with E-state index < -0.39 is 0 Å². The number of carbonyl (C=O) groups is 1. The minimum atomic E-state index is -0.167. The first-order valence-electron chi connectivity index (χ1n) is 8.40. The van der Waals surface area contributed by atoms with Crippen LogP contribution >= 0.6 is 0 Å². The first kappa shape index (κ1) is 17.4. The summed E-state index contributed by atoms with van der Waals surface area (Å²) in [5, 5.41) is 2.83. The molecule has 0 aliphatic carbocycles. The van der Waals surface area contributed by atoms with Crippen LogP contribution in [0.25, 0.3) is 0 Å². The lowest BCUT2D eigenvalue weighted by Crippen LogP contribution is -2.48.